The Labute approximate surface area is 275 Å². The van der Waals surface area contributed by atoms with Crippen LogP contribution in [0.25, 0.3) is 44.1 Å². The van der Waals surface area contributed by atoms with Crippen LogP contribution in [0.1, 0.15) is 25.7 Å². The SMILES string of the molecule is Clc1ccc2oc3c(N4CCCNCC4)ncnc3c2c1.Nc1nc(N2CCN3CCCCC3C2)c2oc3ccc(Cl)cc3c2n1. The lowest BCUT2D eigenvalue weighted by atomic mass is 9.99. The van der Waals surface area contributed by atoms with Crippen molar-refractivity contribution < 1.29 is 8.83 Å². The topological polar surface area (TPSA) is 126 Å². The van der Waals surface area contributed by atoms with Gasteiger partial charge in [0.05, 0.1) is 0 Å². The van der Waals surface area contributed by atoms with Gasteiger partial charge in [-0.25, -0.2) is 15.0 Å². The maximum atomic E-state index is 6.15. The smallest absolute Gasteiger partial charge is 0.222 e. The Balaban J connectivity index is 0.000000138. The van der Waals surface area contributed by atoms with Crippen LogP contribution in [0, 0.1) is 0 Å². The van der Waals surface area contributed by atoms with Crippen molar-refractivity contribution in [3.8, 4) is 0 Å². The minimum absolute atomic E-state index is 0.274. The van der Waals surface area contributed by atoms with Crippen LogP contribution in [0.4, 0.5) is 17.6 Å². The number of hydrogen-bond acceptors (Lipinski definition) is 11. The average molecular weight is 661 g/mol. The zero-order valence-corrected chi connectivity index (χ0v) is 26.9. The lowest BCUT2D eigenvalue weighted by Crippen LogP contribution is -2.55. The number of hydrogen-bond donors (Lipinski definition) is 2. The second-order valence-corrected chi connectivity index (χ2v) is 13.0. The van der Waals surface area contributed by atoms with E-state index < -0.39 is 0 Å². The van der Waals surface area contributed by atoms with Gasteiger partial charge in [0.1, 0.15) is 28.5 Å². The highest BCUT2D eigenvalue weighted by molar-refractivity contribution is 6.32. The van der Waals surface area contributed by atoms with Crippen molar-refractivity contribution in [2.24, 2.45) is 0 Å². The molecule has 3 aliphatic heterocycles. The number of nitrogen functional groups attached to an aromatic ring is 1. The molecule has 1 atom stereocenters. The van der Waals surface area contributed by atoms with Crippen molar-refractivity contribution in [1.29, 1.82) is 0 Å². The van der Waals surface area contributed by atoms with Crippen LogP contribution >= 0.6 is 23.2 Å². The minimum atomic E-state index is 0.274. The first kappa shape index (κ1) is 29.5. The summed E-state index contributed by atoms with van der Waals surface area (Å²) in [5.74, 6) is 1.95. The lowest BCUT2D eigenvalue weighted by Gasteiger charge is -2.44. The average Bonchev–Trinajstić information content (AvgIpc) is 3.49. The highest BCUT2D eigenvalue weighted by Crippen LogP contribution is 2.36. The molecule has 0 aliphatic carbocycles. The van der Waals surface area contributed by atoms with Gasteiger partial charge in [-0.05, 0) is 68.8 Å². The molecule has 0 spiro atoms. The molecule has 0 bridgehead atoms. The molecule has 7 heterocycles. The van der Waals surface area contributed by atoms with E-state index in [9.17, 15) is 0 Å². The number of rotatable bonds is 2. The molecule has 0 amide bonds. The summed E-state index contributed by atoms with van der Waals surface area (Å²) in [6.45, 7) is 8.05. The van der Waals surface area contributed by atoms with Gasteiger partial charge in [-0.1, -0.05) is 29.6 Å². The molecular weight excluding hydrogens is 625 g/mol. The number of piperidine rings is 1. The number of piperazine rings is 1. The molecular formula is C33H35Cl2N9O2. The molecule has 0 saturated carbocycles. The number of aromatic nitrogens is 4. The fourth-order valence-corrected chi connectivity index (χ4v) is 7.34. The van der Waals surface area contributed by atoms with E-state index in [4.69, 9.17) is 37.8 Å². The molecule has 0 radical (unpaired) electrons. The van der Waals surface area contributed by atoms with E-state index in [1.807, 2.05) is 36.4 Å². The van der Waals surface area contributed by atoms with Gasteiger partial charge in [-0.15, -0.1) is 0 Å². The number of nitrogens with two attached hydrogens (primary N) is 1. The molecule has 3 aliphatic rings. The molecule has 3 saturated heterocycles. The Morgan fingerprint density at radius 1 is 0.739 bits per heavy atom. The third-order valence-corrected chi connectivity index (χ3v) is 9.71. The zero-order chi connectivity index (χ0) is 31.2. The van der Waals surface area contributed by atoms with E-state index in [0.29, 0.717) is 21.7 Å². The van der Waals surface area contributed by atoms with Crippen molar-refractivity contribution in [2.75, 3.05) is 67.9 Å². The first-order valence-corrected chi connectivity index (χ1v) is 16.7. The van der Waals surface area contributed by atoms with Crippen LogP contribution in [0.2, 0.25) is 10.0 Å². The summed E-state index contributed by atoms with van der Waals surface area (Å²) < 4.78 is 12.1. The fourth-order valence-electron chi connectivity index (χ4n) is 7.00. The van der Waals surface area contributed by atoms with Gasteiger partial charge in [0, 0.05) is 66.1 Å². The Morgan fingerprint density at radius 3 is 2.30 bits per heavy atom. The summed E-state index contributed by atoms with van der Waals surface area (Å²) in [6.07, 6.45) is 6.56. The monoisotopic (exact) mass is 659 g/mol. The molecule has 2 aromatic carbocycles. The minimum Gasteiger partial charge on any atom is -0.450 e. The van der Waals surface area contributed by atoms with Crippen LogP contribution in [0.3, 0.4) is 0 Å². The lowest BCUT2D eigenvalue weighted by molar-refractivity contribution is 0.133. The van der Waals surface area contributed by atoms with Gasteiger partial charge in [0.2, 0.25) is 5.95 Å². The standard InChI is InChI=1S/C18H20ClN5O.C15H15ClN4O/c19-11-4-5-14-13(9-11)15-16(25-14)17(22-18(20)21-15)24-8-7-23-6-2-1-3-12(23)10-24;16-10-2-3-12-11(8-10)13-14(21-12)15(19-9-18-13)20-6-1-4-17-5-7-20/h4-5,9,12H,1-3,6-8,10H2,(H2,20,21,22);2-3,8-9,17H,1,4-7H2. The third-order valence-electron chi connectivity index (χ3n) is 9.24. The van der Waals surface area contributed by atoms with Crippen LogP contribution in [-0.4, -0.2) is 83.2 Å². The highest BCUT2D eigenvalue weighted by Gasteiger charge is 2.31. The molecule has 1 unspecified atom stereocenters. The summed E-state index contributed by atoms with van der Waals surface area (Å²) >= 11 is 12.2. The largest absolute Gasteiger partial charge is 0.450 e. The van der Waals surface area contributed by atoms with E-state index in [1.54, 1.807) is 6.33 Å². The summed E-state index contributed by atoms with van der Waals surface area (Å²) in [4.78, 5) is 24.9. The van der Waals surface area contributed by atoms with E-state index in [0.717, 1.165) is 102 Å². The quantitative estimate of drug-likeness (QED) is 0.223. The van der Waals surface area contributed by atoms with Crippen molar-refractivity contribution >= 4 is 84.9 Å². The summed E-state index contributed by atoms with van der Waals surface area (Å²) in [7, 11) is 0. The number of anilines is 3. The van der Waals surface area contributed by atoms with Gasteiger partial charge >= 0.3 is 0 Å². The molecule has 9 rings (SSSR count). The van der Waals surface area contributed by atoms with Gasteiger partial charge in [0.25, 0.3) is 0 Å². The van der Waals surface area contributed by atoms with Gasteiger partial charge in [-0.3, -0.25) is 4.90 Å². The number of halogens is 2. The van der Waals surface area contributed by atoms with Gasteiger partial charge in [-0.2, -0.15) is 4.98 Å². The number of nitrogens with one attached hydrogen (secondary N) is 1. The Bertz CT molecular complexity index is 2040. The number of benzene rings is 2. The summed E-state index contributed by atoms with van der Waals surface area (Å²) in [5, 5.41) is 6.56. The number of fused-ring (bicyclic) bond motifs is 7. The zero-order valence-electron chi connectivity index (χ0n) is 25.4. The molecule has 11 nitrogen and oxygen atoms in total. The fraction of sp³-hybridized carbons (Fsp3) is 0.394. The Kier molecular flexibility index (Phi) is 7.93. The predicted octanol–water partition coefficient (Wildman–Crippen LogP) is 6.12. The summed E-state index contributed by atoms with van der Waals surface area (Å²) in [6, 6.07) is 11.8. The van der Waals surface area contributed by atoms with Crippen LogP contribution in [-0.2, 0) is 0 Å². The molecule has 46 heavy (non-hydrogen) atoms. The van der Waals surface area contributed by atoms with E-state index in [1.165, 1.54) is 25.8 Å². The van der Waals surface area contributed by atoms with Gasteiger partial charge < -0.3 is 29.7 Å². The molecule has 13 heteroatoms. The van der Waals surface area contributed by atoms with E-state index in [2.05, 4.69) is 40.0 Å². The molecule has 4 aromatic heterocycles. The first-order chi connectivity index (χ1) is 22.5. The molecule has 6 aromatic rings. The molecule has 238 valence electrons. The second kappa shape index (κ2) is 12.4. The Morgan fingerprint density at radius 2 is 1.50 bits per heavy atom. The highest BCUT2D eigenvalue weighted by atomic mass is 35.5. The maximum absolute atomic E-state index is 6.15. The second-order valence-electron chi connectivity index (χ2n) is 12.2. The van der Waals surface area contributed by atoms with Crippen LogP contribution in [0.5, 0.6) is 0 Å². The molecule has 3 fully saturated rings. The normalized spacial score (nSPS) is 19.4. The van der Waals surface area contributed by atoms with Crippen LogP contribution < -0.4 is 20.9 Å². The van der Waals surface area contributed by atoms with Crippen molar-refractivity contribution in [2.45, 2.75) is 31.7 Å². The molecule has 3 N–H and O–H groups in total. The van der Waals surface area contributed by atoms with E-state index >= 15 is 0 Å². The summed E-state index contributed by atoms with van der Waals surface area (Å²) in [5.41, 5.74) is 10.6. The first-order valence-electron chi connectivity index (χ1n) is 15.9. The van der Waals surface area contributed by atoms with Crippen LogP contribution in [0.15, 0.2) is 51.6 Å². The number of furan rings is 2. The van der Waals surface area contributed by atoms with Gasteiger partial charge in [0.15, 0.2) is 22.8 Å². The van der Waals surface area contributed by atoms with Crippen molar-refractivity contribution in [1.82, 2.24) is 30.2 Å². The predicted molar refractivity (Wildman–Crippen MR) is 184 cm³/mol. The number of nitrogens with zero attached hydrogens (tertiary/aromatic N) is 7. The van der Waals surface area contributed by atoms with E-state index in [-0.39, 0.29) is 5.95 Å². The third kappa shape index (κ3) is 5.55. The maximum Gasteiger partial charge on any atom is 0.222 e. The Hall–Kier alpha value is -3.90. The van der Waals surface area contributed by atoms with Crippen molar-refractivity contribution in [3.63, 3.8) is 0 Å². The van der Waals surface area contributed by atoms with Crippen molar-refractivity contribution in [3.05, 3.63) is 52.8 Å².